The van der Waals surface area contributed by atoms with Crippen LogP contribution in [0.5, 0.6) is 0 Å². The first-order valence-corrected chi connectivity index (χ1v) is 10.4. The lowest BCUT2D eigenvalue weighted by Crippen LogP contribution is -2.58. The van der Waals surface area contributed by atoms with Gasteiger partial charge in [-0.1, -0.05) is 32.9 Å². The third-order valence-electron chi connectivity index (χ3n) is 8.09. The Morgan fingerprint density at radius 2 is 1.93 bits per heavy atom. The van der Waals surface area contributed by atoms with E-state index in [1.807, 2.05) is 20.8 Å². The Hall–Kier alpha value is -1.50. The highest BCUT2D eigenvalue weighted by atomic mass is 16.6. The van der Waals surface area contributed by atoms with Crippen LogP contribution < -0.4 is 0 Å². The van der Waals surface area contributed by atoms with Crippen molar-refractivity contribution in [2.75, 3.05) is 6.61 Å². The average Bonchev–Trinajstić information content (AvgIpc) is 2.96. The molecule has 0 aromatic heterocycles. The van der Waals surface area contributed by atoms with Gasteiger partial charge >= 0.3 is 5.97 Å². The summed E-state index contributed by atoms with van der Waals surface area (Å²) >= 11 is 0. The molecule has 6 heteroatoms. The molecule has 3 aliphatic carbocycles. The molecular weight excluding hydrogens is 372 g/mol. The quantitative estimate of drug-likeness (QED) is 0.478. The van der Waals surface area contributed by atoms with Gasteiger partial charge in [-0.3, -0.25) is 9.59 Å². The molecular formula is C23H34O6. The van der Waals surface area contributed by atoms with E-state index in [1.54, 1.807) is 26.0 Å². The van der Waals surface area contributed by atoms with Gasteiger partial charge in [0.25, 0.3) is 0 Å². The minimum atomic E-state index is -1.79. The molecule has 0 heterocycles. The molecule has 0 radical (unpaired) electrons. The molecule has 0 aromatic carbocycles. The molecule has 0 aromatic rings. The number of rotatable bonds is 5. The fourth-order valence-corrected chi connectivity index (χ4v) is 6.13. The molecule has 2 saturated carbocycles. The van der Waals surface area contributed by atoms with Gasteiger partial charge in [0.2, 0.25) is 0 Å². The zero-order valence-corrected chi connectivity index (χ0v) is 18.3. The summed E-state index contributed by atoms with van der Waals surface area (Å²) in [5, 5.41) is 32.9. The maximum Gasteiger partial charge on any atom is 0.303 e. The van der Waals surface area contributed by atoms with Crippen molar-refractivity contribution in [2.24, 2.45) is 23.2 Å². The maximum absolute atomic E-state index is 12.9. The number of esters is 1. The van der Waals surface area contributed by atoms with E-state index in [9.17, 15) is 24.9 Å². The Bertz CT molecular complexity index is 795. The first-order valence-electron chi connectivity index (χ1n) is 10.4. The van der Waals surface area contributed by atoms with Gasteiger partial charge in [-0.2, -0.15) is 0 Å². The van der Waals surface area contributed by atoms with Crippen molar-refractivity contribution in [3.05, 3.63) is 23.3 Å². The molecule has 3 rings (SSSR count). The molecule has 3 N–H and O–H groups in total. The topological polar surface area (TPSA) is 104 Å². The Balaban J connectivity index is 1.98. The van der Waals surface area contributed by atoms with Gasteiger partial charge in [-0.25, -0.2) is 0 Å². The lowest BCUT2D eigenvalue weighted by molar-refractivity contribution is -0.176. The molecule has 0 bridgehead atoms. The highest BCUT2D eigenvalue weighted by Crippen LogP contribution is 2.73. The Morgan fingerprint density at radius 3 is 2.45 bits per heavy atom. The molecule has 6 atom stereocenters. The second-order valence-corrected chi connectivity index (χ2v) is 9.92. The summed E-state index contributed by atoms with van der Waals surface area (Å²) in [6.45, 7) is 10.5. The number of hydrogen-bond acceptors (Lipinski definition) is 6. The van der Waals surface area contributed by atoms with Gasteiger partial charge in [0.15, 0.2) is 5.78 Å². The van der Waals surface area contributed by atoms with Crippen LogP contribution in [-0.4, -0.2) is 50.5 Å². The maximum atomic E-state index is 12.9. The van der Waals surface area contributed by atoms with Crippen LogP contribution in [0.15, 0.2) is 23.3 Å². The number of Topliss-reactive ketones (excluding diaryl/α,β-unsaturated/α-hetero) is 1. The lowest BCUT2D eigenvalue weighted by atomic mass is 9.63. The van der Waals surface area contributed by atoms with E-state index in [4.69, 9.17) is 4.74 Å². The third kappa shape index (κ3) is 2.94. The van der Waals surface area contributed by atoms with Crippen LogP contribution in [0.25, 0.3) is 0 Å². The van der Waals surface area contributed by atoms with Crippen molar-refractivity contribution in [3.8, 4) is 0 Å². The van der Waals surface area contributed by atoms with E-state index in [1.165, 1.54) is 6.92 Å². The van der Waals surface area contributed by atoms with E-state index < -0.39 is 28.5 Å². The fourth-order valence-electron chi connectivity index (χ4n) is 6.13. The average molecular weight is 407 g/mol. The molecule has 6 nitrogen and oxygen atoms in total. The van der Waals surface area contributed by atoms with E-state index in [-0.39, 0.29) is 36.2 Å². The Kier molecular flexibility index (Phi) is 5.17. The zero-order chi connectivity index (χ0) is 22.0. The monoisotopic (exact) mass is 406 g/mol. The van der Waals surface area contributed by atoms with Gasteiger partial charge in [-0.15, -0.1) is 0 Å². The second-order valence-electron chi connectivity index (χ2n) is 9.92. The normalized spacial score (nSPS) is 43.6. The summed E-state index contributed by atoms with van der Waals surface area (Å²) in [4.78, 5) is 24.6. The lowest BCUT2D eigenvalue weighted by Gasteiger charge is -2.48. The molecule has 0 amide bonds. The highest BCUT2D eigenvalue weighted by Gasteiger charge is 2.79. The van der Waals surface area contributed by atoms with Gasteiger partial charge in [-0.05, 0) is 43.8 Å². The predicted octanol–water partition coefficient (Wildman–Crippen LogP) is 2.31. The third-order valence-corrected chi connectivity index (χ3v) is 8.09. The molecule has 1 unspecified atom stereocenters. The first kappa shape index (κ1) is 22.2. The van der Waals surface area contributed by atoms with E-state index >= 15 is 0 Å². The van der Waals surface area contributed by atoms with E-state index in [0.717, 1.165) is 0 Å². The number of allylic oxidation sites excluding steroid dienone is 1. The number of aliphatic hydroxyl groups excluding tert-OH is 1. The van der Waals surface area contributed by atoms with Gasteiger partial charge in [0.05, 0.1) is 12.2 Å². The smallest absolute Gasteiger partial charge is 0.303 e. The van der Waals surface area contributed by atoms with E-state index in [0.29, 0.717) is 24.0 Å². The summed E-state index contributed by atoms with van der Waals surface area (Å²) in [6.07, 6.45) is 4.18. The van der Waals surface area contributed by atoms with Crippen LogP contribution >= 0.6 is 0 Å². The van der Waals surface area contributed by atoms with Crippen LogP contribution in [0.2, 0.25) is 0 Å². The predicted molar refractivity (Wildman–Crippen MR) is 108 cm³/mol. The minimum Gasteiger partial charge on any atom is -0.458 e. The molecule has 29 heavy (non-hydrogen) atoms. The Labute approximate surface area is 172 Å². The SMILES string of the molecule is C/C=C(/CO)C[C@]1(O)C(=O)C(C)=C[C@H]1[C@]1(O)CC2C(C)(C)[C@]2(OC(C)=O)C[C@H]1C. The van der Waals surface area contributed by atoms with Gasteiger partial charge < -0.3 is 20.1 Å². The van der Waals surface area contributed by atoms with Crippen LogP contribution in [0.1, 0.15) is 60.8 Å². The number of carbonyl (C=O) groups is 2. The van der Waals surface area contributed by atoms with Crippen molar-refractivity contribution in [1.82, 2.24) is 0 Å². The summed E-state index contributed by atoms with van der Waals surface area (Å²) in [5.41, 5.74) is -3.02. The molecule has 0 spiro atoms. The number of aliphatic hydroxyl groups is 3. The fraction of sp³-hybridized carbons (Fsp3) is 0.739. The van der Waals surface area contributed by atoms with Crippen LogP contribution in [-0.2, 0) is 14.3 Å². The highest BCUT2D eigenvalue weighted by molar-refractivity contribution is 6.04. The van der Waals surface area contributed by atoms with Crippen molar-refractivity contribution >= 4 is 11.8 Å². The van der Waals surface area contributed by atoms with Crippen LogP contribution in [0, 0.1) is 23.2 Å². The summed E-state index contributed by atoms with van der Waals surface area (Å²) < 4.78 is 5.75. The summed E-state index contributed by atoms with van der Waals surface area (Å²) in [5.74, 6) is -1.86. The molecule has 3 aliphatic rings. The largest absolute Gasteiger partial charge is 0.458 e. The van der Waals surface area contributed by atoms with Gasteiger partial charge in [0.1, 0.15) is 11.2 Å². The van der Waals surface area contributed by atoms with Crippen molar-refractivity contribution < 1.29 is 29.6 Å². The first-order chi connectivity index (χ1) is 13.3. The number of ether oxygens (including phenoxy) is 1. The second kappa shape index (κ2) is 6.76. The minimum absolute atomic E-state index is 0.0183. The van der Waals surface area contributed by atoms with Crippen molar-refractivity contribution in [2.45, 2.75) is 77.6 Å². The standard InChI is InChI=1S/C23H34O6/c1-7-16(12-24)10-22(28)17(8-13(2)19(22)26)21(27)11-18-20(5,6)23(18,9-14(21)3)29-15(4)25/h7-8,14,17-18,24,27-28H,9-12H2,1-6H3/b16-7+/t14-,17+,18?,21+,22-,23+/m1/s1. The number of ketones is 1. The van der Waals surface area contributed by atoms with Crippen LogP contribution in [0.3, 0.4) is 0 Å². The zero-order valence-electron chi connectivity index (χ0n) is 18.3. The molecule has 2 fully saturated rings. The van der Waals surface area contributed by atoms with Crippen molar-refractivity contribution in [1.29, 1.82) is 0 Å². The molecule has 0 aliphatic heterocycles. The van der Waals surface area contributed by atoms with E-state index in [2.05, 4.69) is 0 Å². The number of fused-ring (bicyclic) bond motifs is 1. The van der Waals surface area contributed by atoms with Gasteiger partial charge in [0, 0.05) is 30.6 Å². The van der Waals surface area contributed by atoms with Crippen LogP contribution in [0.4, 0.5) is 0 Å². The number of hydrogen-bond donors (Lipinski definition) is 3. The summed E-state index contributed by atoms with van der Waals surface area (Å²) in [7, 11) is 0. The summed E-state index contributed by atoms with van der Waals surface area (Å²) in [6, 6.07) is 0. The Morgan fingerprint density at radius 1 is 1.31 bits per heavy atom. The number of carbonyl (C=O) groups excluding carboxylic acids is 2. The van der Waals surface area contributed by atoms with Crippen molar-refractivity contribution in [3.63, 3.8) is 0 Å². The molecule has 0 saturated heterocycles. The molecule has 162 valence electrons.